The highest BCUT2D eigenvalue weighted by atomic mass is 32.2. The number of carbonyl (C=O) groups excluding carboxylic acids is 2. The Labute approximate surface area is 148 Å². The molecule has 0 atom stereocenters. The lowest BCUT2D eigenvalue weighted by atomic mass is 10.1. The van der Waals surface area contributed by atoms with Crippen LogP contribution in [0.3, 0.4) is 0 Å². The number of aromatic carboxylic acids is 1. The van der Waals surface area contributed by atoms with Gasteiger partial charge in [-0.15, -0.1) is 11.8 Å². The van der Waals surface area contributed by atoms with Gasteiger partial charge in [-0.3, -0.25) is 9.59 Å². The van der Waals surface area contributed by atoms with Crippen molar-refractivity contribution in [3.8, 4) is 5.75 Å². The van der Waals surface area contributed by atoms with Gasteiger partial charge in [-0.05, 0) is 24.0 Å². The lowest BCUT2D eigenvalue weighted by Crippen LogP contribution is -2.30. The molecule has 0 fully saturated rings. The average molecular weight is 357 g/mol. The van der Waals surface area contributed by atoms with Gasteiger partial charge in [0.1, 0.15) is 11.3 Å². The largest absolute Gasteiger partial charge is 0.496 e. The maximum Gasteiger partial charge on any atom is 0.339 e. The molecular formula is C18H15NO5S. The number of anilines is 1. The van der Waals surface area contributed by atoms with Crippen LogP contribution in [0.25, 0.3) is 0 Å². The minimum Gasteiger partial charge on any atom is -0.496 e. The zero-order valence-electron chi connectivity index (χ0n) is 13.6. The van der Waals surface area contributed by atoms with E-state index in [9.17, 15) is 19.5 Å². The molecule has 1 aliphatic rings. The highest BCUT2D eigenvalue weighted by Gasteiger charge is 2.38. The van der Waals surface area contributed by atoms with Gasteiger partial charge in [0, 0.05) is 11.0 Å². The first-order chi connectivity index (χ1) is 12.0. The number of ether oxygens (including phenoxy) is 1. The summed E-state index contributed by atoms with van der Waals surface area (Å²) in [4.78, 5) is 38.5. The van der Waals surface area contributed by atoms with Crippen LogP contribution in [-0.4, -0.2) is 35.8 Å². The van der Waals surface area contributed by atoms with E-state index in [1.54, 1.807) is 24.3 Å². The number of benzene rings is 2. The third kappa shape index (κ3) is 2.76. The summed E-state index contributed by atoms with van der Waals surface area (Å²) in [7, 11) is 1.35. The van der Waals surface area contributed by atoms with Crippen molar-refractivity contribution in [1.82, 2.24) is 0 Å². The Hall–Kier alpha value is -2.80. The maximum absolute atomic E-state index is 12.7. The van der Waals surface area contributed by atoms with Crippen molar-refractivity contribution in [2.24, 2.45) is 0 Å². The van der Waals surface area contributed by atoms with Crippen LogP contribution in [-0.2, 0) is 0 Å². The molecule has 7 heteroatoms. The predicted molar refractivity (Wildman–Crippen MR) is 93.9 cm³/mol. The molecule has 0 saturated carbocycles. The standard InChI is InChI=1S/C18H15NO5S/c1-3-25-15-8-12(18(22)23)14(24-2)9-13(15)19-16(20)10-6-4-5-7-11(10)17(19)21/h4-9H,3H2,1-2H3,(H,22,23). The number of amides is 2. The quantitative estimate of drug-likeness (QED) is 0.653. The second-order valence-corrected chi connectivity index (χ2v) is 6.56. The Morgan fingerprint density at radius 2 is 1.76 bits per heavy atom. The number of methoxy groups -OCH3 is 1. The minimum atomic E-state index is -1.14. The van der Waals surface area contributed by atoms with Crippen LogP contribution in [0.5, 0.6) is 5.75 Å². The van der Waals surface area contributed by atoms with Gasteiger partial charge in [0.25, 0.3) is 11.8 Å². The van der Waals surface area contributed by atoms with E-state index in [1.165, 1.54) is 31.0 Å². The van der Waals surface area contributed by atoms with Crippen LogP contribution in [0, 0.1) is 0 Å². The molecular weight excluding hydrogens is 342 g/mol. The molecule has 2 aromatic rings. The fourth-order valence-corrected chi connectivity index (χ4v) is 3.55. The molecule has 0 spiro atoms. The average Bonchev–Trinajstić information content (AvgIpc) is 2.86. The number of hydrogen-bond donors (Lipinski definition) is 1. The van der Waals surface area contributed by atoms with E-state index in [2.05, 4.69) is 0 Å². The fraction of sp³-hybridized carbons (Fsp3) is 0.167. The molecule has 1 N–H and O–H groups in total. The van der Waals surface area contributed by atoms with E-state index in [4.69, 9.17) is 4.74 Å². The summed E-state index contributed by atoms with van der Waals surface area (Å²) in [5.41, 5.74) is 0.987. The summed E-state index contributed by atoms with van der Waals surface area (Å²) >= 11 is 1.36. The van der Waals surface area contributed by atoms with Gasteiger partial charge in [0.05, 0.1) is 23.9 Å². The molecule has 3 rings (SSSR count). The van der Waals surface area contributed by atoms with Crippen LogP contribution in [0.1, 0.15) is 38.0 Å². The van der Waals surface area contributed by atoms with E-state index < -0.39 is 17.8 Å². The number of carboxylic acids is 1. The van der Waals surface area contributed by atoms with Crippen molar-refractivity contribution in [3.63, 3.8) is 0 Å². The summed E-state index contributed by atoms with van der Waals surface area (Å²) in [6, 6.07) is 9.47. The number of thioether (sulfide) groups is 1. The Morgan fingerprint density at radius 3 is 2.24 bits per heavy atom. The normalized spacial score (nSPS) is 13.1. The molecule has 2 aromatic carbocycles. The van der Waals surface area contributed by atoms with E-state index >= 15 is 0 Å². The topological polar surface area (TPSA) is 83.9 Å². The molecule has 128 valence electrons. The van der Waals surface area contributed by atoms with Crippen LogP contribution in [0.2, 0.25) is 0 Å². The molecule has 0 unspecified atom stereocenters. The van der Waals surface area contributed by atoms with E-state index in [-0.39, 0.29) is 11.3 Å². The Kier molecular flexibility index (Phi) is 4.50. The maximum atomic E-state index is 12.7. The Bertz CT molecular complexity index is 858. The van der Waals surface area contributed by atoms with E-state index in [1.807, 2.05) is 6.92 Å². The molecule has 2 amide bonds. The van der Waals surface area contributed by atoms with Crippen LogP contribution in [0.15, 0.2) is 41.3 Å². The summed E-state index contributed by atoms with van der Waals surface area (Å²) in [6.45, 7) is 1.90. The summed E-state index contributed by atoms with van der Waals surface area (Å²) in [5, 5.41) is 9.35. The van der Waals surface area contributed by atoms with Crippen molar-refractivity contribution in [3.05, 3.63) is 53.1 Å². The number of hydrogen-bond acceptors (Lipinski definition) is 5. The van der Waals surface area contributed by atoms with Crippen molar-refractivity contribution in [2.75, 3.05) is 17.8 Å². The molecule has 0 bridgehead atoms. The second-order valence-electron chi connectivity index (χ2n) is 5.25. The van der Waals surface area contributed by atoms with Crippen LogP contribution >= 0.6 is 11.8 Å². The lowest BCUT2D eigenvalue weighted by Gasteiger charge is -2.20. The van der Waals surface area contributed by atoms with Gasteiger partial charge in [-0.1, -0.05) is 19.1 Å². The molecule has 6 nitrogen and oxygen atoms in total. The van der Waals surface area contributed by atoms with Crippen LogP contribution in [0.4, 0.5) is 5.69 Å². The molecule has 1 aliphatic heterocycles. The molecule has 0 aromatic heterocycles. The third-order valence-electron chi connectivity index (χ3n) is 3.85. The molecule has 0 aliphatic carbocycles. The number of rotatable bonds is 5. The lowest BCUT2D eigenvalue weighted by molar-refractivity contribution is 0.0692. The number of fused-ring (bicyclic) bond motifs is 1. The molecule has 1 heterocycles. The summed E-state index contributed by atoms with van der Waals surface area (Å²) < 4.78 is 5.15. The highest BCUT2D eigenvalue weighted by Crippen LogP contribution is 2.39. The predicted octanol–water partition coefficient (Wildman–Crippen LogP) is 3.31. The number of imide groups is 1. The molecule has 25 heavy (non-hydrogen) atoms. The second kappa shape index (κ2) is 6.60. The number of carboxylic acid groups (broad SMARTS) is 1. The zero-order chi connectivity index (χ0) is 18.1. The number of nitrogens with zero attached hydrogens (tertiary/aromatic N) is 1. The van der Waals surface area contributed by atoms with Gasteiger partial charge in [0.15, 0.2) is 0 Å². The SMILES string of the molecule is CCSc1cc(C(=O)O)c(OC)cc1N1C(=O)c2ccccc2C1=O. The first-order valence-electron chi connectivity index (χ1n) is 7.55. The summed E-state index contributed by atoms with van der Waals surface area (Å²) in [5.74, 6) is -1.24. The van der Waals surface area contributed by atoms with E-state index in [0.717, 1.165) is 4.90 Å². The highest BCUT2D eigenvalue weighted by molar-refractivity contribution is 7.99. The van der Waals surface area contributed by atoms with Gasteiger partial charge >= 0.3 is 5.97 Å². The van der Waals surface area contributed by atoms with Gasteiger partial charge in [-0.2, -0.15) is 0 Å². The fourth-order valence-electron chi connectivity index (χ4n) is 2.74. The van der Waals surface area contributed by atoms with Gasteiger partial charge in [0.2, 0.25) is 0 Å². The van der Waals surface area contributed by atoms with Gasteiger partial charge < -0.3 is 9.84 Å². The first kappa shape index (κ1) is 17.0. The van der Waals surface area contributed by atoms with Crippen LogP contribution < -0.4 is 9.64 Å². The first-order valence-corrected chi connectivity index (χ1v) is 8.54. The number of carbonyl (C=O) groups is 3. The van der Waals surface area contributed by atoms with Crippen molar-refractivity contribution in [2.45, 2.75) is 11.8 Å². The smallest absolute Gasteiger partial charge is 0.339 e. The molecule has 0 radical (unpaired) electrons. The van der Waals surface area contributed by atoms with E-state index in [0.29, 0.717) is 27.5 Å². The van der Waals surface area contributed by atoms with Crippen molar-refractivity contribution >= 4 is 35.2 Å². The summed E-state index contributed by atoms with van der Waals surface area (Å²) in [6.07, 6.45) is 0. The Balaban J connectivity index is 2.18. The molecule has 0 saturated heterocycles. The third-order valence-corrected chi connectivity index (χ3v) is 4.77. The monoisotopic (exact) mass is 357 g/mol. The van der Waals surface area contributed by atoms with Crippen molar-refractivity contribution < 1.29 is 24.2 Å². The van der Waals surface area contributed by atoms with Crippen molar-refractivity contribution in [1.29, 1.82) is 0 Å². The zero-order valence-corrected chi connectivity index (χ0v) is 14.4. The van der Waals surface area contributed by atoms with Gasteiger partial charge in [-0.25, -0.2) is 9.69 Å². The Morgan fingerprint density at radius 1 is 1.16 bits per heavy atom. The minimum absolute atomic E-state index is 0.0150.